The second kappa shape index (κ2) is 7.44. The van der Waals surface area contributed by atoms with E-state index < -0.39 is 16.9 Å². The van der Waals surface area contributed by atoms with Crippen LogP contribution in [0.4, 0.5) is 5.69 Å². The second-order valence-corrected chi connectivity index (χ2v) is 4.11. The zero-order chi connectivity index (χ0) is 15.1. The number of para-hydroxylation sites is 1. The Bertz CT molecular complexity index is 486. The molecule has 7 heteroatoms. The Morgan fingerprint density at radius 2 is 2.20 bits per heavy atom. The lowest BCUT2D eigenvalue weighted by Gasteiger charge is -2.15. The van der Waals surface area contributed by atoms with Crippen molar-refractivity contribution >= 4 is 11.6 Å². The number of hydrogen-bond acceptors (Lipinski definition) is 5. The molecule has 20 heavy (non-hydrogen) atoms. The van der Waals surface area contributed by atoms with Crippen LogP contribution in [0.25, 0.3) is 0 Å². The molecular formula is C13H18N2O5. The van der Waals surface area contributed by atoms with Gasteiger partial charge in [-0.3, -0.25) is 14.9 Å². The Balaban J connectivity index is 3.13. The highest BCUT2D eigenvalue weighted by Crippen LogP contribution is 2.30. The van der Waals surface area contributed by atoms with Crippen molar-refractivity contribution in [3.05, 3.63) is 33.9 Å². The van der Waals surface area contributed by atoms with E-state index in [-0.39, 0.29) is 30.2 Å². The summed E-state index contributed by atoms with van der Waals surface area (Å²) in [6.45, 7) is 3.52. The van der Waals surface area contributed by atoms with E-state index in [2.05, 4.69) is 5.32 Å². The van der Waals surface area contributed by atoms with Crippen molar-refractivity contribution in [1.29, 1.82) is 0 Å². The van der Waals surface area contributed by atoms with Crippen LogP contribution in [-0.2, 0) is 0 Å². The molecule has 1 rings (SSSR count). The fourth-order valence-electron chi connectivity index (χ4n) is 1.68. The van der Waals surface area contributed by atoms with Crippen LogP contribution in [0.3, 0.4) is 0 Å². The fourth-order valence-corrected chi connectivity index (χ4v) is 1.68. The molecule has 0 radical (unpaired) electrons. The number of benzene rings is 1. The van der Waals surface area contributed by atoms with Crippen molar-refractivity contribution in [2.45, 2.75) is 26.3 Å². The minimum atomic E-state index is -0.592. The molecule has 0 aliphatic heterocycles. The molecule has 0 aliphatic carbocycles. The van der Waals surface area contributed by atoms with Crippen LogP contribution in [0.15, 0.2) is 18.2 Å². The van der Waals surface area contributed by atoms with Gasteiger partial charge in [-0.25, -0.2) is 0 Å². The highest BCUT2D eigenvalue weighted by atomic mass is 16.6. The van der Waals surface area contributed by atoms with Crippen molar-refractivity contribution < 1.29 is 19.6 Å². The van der Waals surface area contributed by atoms with Crippen LogP contribution in [0, 0.1) is 10.1 Å². The van der Waals surface area contributed by atoms with Crippen LogP contribution in [-0.4, -0.2) is 35.2 Å². The third-order valence-corrected chi connectivity index (χ3v) is 2.77. The quantitative estimate of drug-likeness (QED) is 0.582. The summed E-state index contributed by atoms with van der Waals surface area (Å²) in [5.41, 5.74) is -0.163. The van der Waals surface area contributed by atoms with Gasteiger partial charge in [0.15, 0.2) is 0 Å². The third kappa shape index (κ3) is 3.67. The lowest BCUT2D eigenvalue weighted by atomic mass is 10.1. The van der Waals surface area contributed by atoms with Crippen molar-refractivity contribution in [2.24, 2.45) is 0 Å². The summed E-state index contributed by atoms with van der Waals surface area (Å²) in [4.78, 5) is 22.5. The molecule has 0 spiro atoms. The highest BCUT2D eigenvalue weighted by Gasteiger charge is 2.23. The van der Waals surface area contributed by atoms with E-state index in [1.54, 1.807) is 6.92 Å². The number of hydrogen-bond donors (Lipinski definition) is 2. The average molecular weight is 282 g/mol. The number of nitrogens with one attached hydrogen (secondary N) is 1. The normalized spacial score (nSPS) is 11.8. The maximum atomic E-state index is 12.1. The van der Waals surface area contributed by atoms with E-state index in [9.17, 15) is 14.9 Å². The topological polar surface area (TPSA) is 102 Å². The van der Waals surface area contributed by atoms with E-state index in [1.807, 2.05) is 6.92 Å². The summed E-state index contributed by atoms with van der Waals surface area (Å²) in [5, 5.41) is 22.6. The predicted molar refractivity (Wildman–Crippen MR) is 72.9 cm³/mol. The monoisotopic (exact) mass is 282 g/mol. The summed E-state index contributed by atoms with van der Waals surface area (Å²) in [7, 11) is 0. The fraction of sp³-hybridized carbons (Fsp3) is 0.462. The SMILES string of the molecule is CCOc1c(C(=O)N[C@H](CC)CO)cccc1[N+](=O)[O-]. The smallest absolute Gasteiger partial charge is 0.311 e. The zero-order valence-corrected chi connectivity index (χ0v) is 11.5. The molecule has 0 saturated heterocycles. The number of aliphatic hydroxyl groups is 1. The summed E-state index contributed by atoms with van der Waals surface area (Å²) in [6, 6.07) is 3.77. The second-order valence-electron chi connectivity index (χ2n) is 4.11. The number of ether oxygens (including phenoxy) is 1. The predicted octanol–water partition coefficient (Wildman–Crippen LogP) is 1.49. The third-order valence-electron chi connectivity index (χ3n) is 2.77. The van der Waals surface area contributed by atoms with Crippen molar-refractivity contribution in [2.75, 3.05) is 13.2 Å². The van der Waals surface area contributed by atoms with E-state index in [4.69, 9.17) is 9.84 Å². The largest absolute Gasteiger partial charge is 0.487 e. The van der Waals surface area contributed by atoms with Crippen LogP contribution in [0.1, 0.15) is 30.6 Å². The number of nitro benzene ring substituents is 1. The molecular weight excluding hydrogens is 264 g/mol. The number of carbonyl (C=O) groups excluding carboxylic acids is 1. The number of carbonyl (C=O) groups is 1. The molecule has 1 aromatic rings. The van der Waals surface area contributed by atoms with Gasteiger partial charge < -0.3 is 15.2 Å². The molecule has 0 bridgehead atoms. The lowest BCUT2D eigenvalue weighted by molar-refractivity contribution is -0.385. The molecule has 1 amide bonds. The Morgan fingerprint density at radius 3 is 2.70 bits per heavy atom. The number of nitro groups is 1. The van der Waals surface area contributed by atoms with Gasteiger partial charge in [-0.1, -0.05) is 13.0 Å². The van der Waals surface area contributed by atoms with Crippen LogP contribution in [0.5, 0.6) is 5.75 Å². The van der Waals surface area contributed by atoms with Gasteiger partial charge in [0.1, 0.15) is 0 Å². The van der Waals surface area contributed by atoms with E-state index >= 15 is 0 Å². The number of nitrogens with zero attached hydrogens (tertiary/aromatic N) is 1. The van der Waals surface area contributed by atoms with Gasteiger partial charge in [0.05, 0.1) is 29.7 Å². The Kier molecular flexibility index (Phi) is 5.92. The summed E-state index contributed by atoms with van der Waals surface area (Å²) in [6.07, 6.45) is 0.557. The van der Waals surface area contributed by atoms with Crippen LogP contribution >= 0.6 is 0 Å². The number of aliphatic hydroxyl groups excluding tert-OH is 1. The molecule has 0 fully saturated rings. The first kappa shape index (κ1) is 15.9. The zero-order valence-electron chi connectivity index (χ0n) is 11.5. The molecule has 0 saturated carbocycles. The first-order chi connectivity index (χ1) is 9.54. The maximum Gasteiger partial charge on any atom is 0.311 e. The van der Waals surface area contributed by atoms with Gasteiger partial charge in [-0.2, -0.15) is 0 Å². The van der Waals surface area contributed by atoms with E-state index in [1.165, 1.54) is 18.2 Å². The molecule has 0 unspecified atom stereocenters. The Labute approximate surface area is 116 Å². The van der Waals surface area contributed by atoms with Gasteiger partial charge in [-0.15, -0.1) is 0 Å². The first-order valence-corrected chi connectivity index (χ1v) is 6.37. The highest BCUT2D eigenvalue weighted by molar-refractivity contribution is 5.98. The van der Waals surface area contributed by atoms with Crippen molar-refractivity contribution in [3.63, 3.8) is 0 Å². The van der Waals surface area contributed by atoms with Gasteiger partial charge in [0.25, 0.3) is 5.91 Å². The molecule has 0 aliphatic rings. The van der Waals surface area contributed by atoms with Gasteiger partial charge in [-0.05, 0) is 19.4 Å². The van der Waals surface area contributed by atoms with Gasteiger partial charge in [0.2, 0.25) is 5.75 Å². The summed E-state index contributed by atoms with van der Waals surface area (Å²) >= 11 is 0. The molecule has 0 heterocycles. The molecule has 1 aromatic carbocycles. The minimum Gasteiger partial charge on any atom is -0.487 e. The van der Waals surface area contributed by atoms with Gasteiger partial charge >= 0.3 is 5.69 Å². The van der Waals surface area contributed by atoms with Crippen LogP contribution in [0.2, 0.25) is 0 Å². The Morgan fingerprint density at radius 1 is 1.50 bits per heavy atom. The minimum absolute atomic E-state index is 0.0507. The Hall–Kier alpha value is -2.15. The number of amides is 1. The summed E-state index contributed by atoms with van der Waals surface area (Å²) < 4.78 is 5.23. The van der Waals surface area contributed by atoms with Crippen molar-refractivity contribution in [3.8, 4) is 5.75 Å². The molecule has 1 atom stereocenters. The maximum absolute atomic E-state index is 12.1. The standard InChI is InChI=1S/C13H18N2O5/c1-3-9(8-16)14-13(17)10-6-5-7-11(15(18)19)12(10)20-4-2/h5-7,9,16H,3-4,8H2,1-2H3,(H,14,17)/t9-/m1/s1. The summed E-state index contributed by atoms with van der Waals surface area (Å²) in [5.74, 6) is -0.552. The molecule has 110 valence electrons. The number of rotatable bonds is 7. The molecule has 7 nitrogen and oxygen atoms in total. The molecule has 2 N–H and O–H groups in total. The average Bonchev–Trinajstić information content (AvgIpc) is 2.44. The van der Waals surface area contributed by atoms with E-state index in [0.717, 1.165) is 0 Å². The lowest BCUT2D eigenvalue weighted by Crippen LogP contribution is -2.37. The van der Waals surface area contributed by atoms with Crippen LogP contribution < -0.4 is 10.1 Å². The van der Waals surface area contributed by atoms with E-state index in [0.29, 0.717) is 6.42 Å². The molecule has 0 aromatic heterocycles. The van der Waals surface area contributed by atoms with Gasteiger partial charge in [0, 0.05) is 6.07 Å². The first-order valence-electron chi connectivity index (χ1n) is 6.37. The van der Waals surface area contributed by atoms with Crippen molar-refractivity contribution in [1.82, 2.24) is 5.32 Å².